The van der Waals surface area contributed by atoms with E-state index < -0.39 is 0 Å². The number of benzene rings is 1. The maximum Gasteiger partial charge on any atom is 0.193 e. The number of phenols is 1. The fraction of sp³-hybridized carbons (Fsp3) is 0.167. The largest absolute Gasteiger partial charge is 0.508 e. The fourth-order valence-electron chi connectivity index (χ4n) is 1.47. The Kier molecular flexibility index (Phi) is 3.49. The third-order valence-corrected chi connectivity index (χ3v) is 3.35. The lowest BCUT2D eigenvalue weighted by Gasteiger charge is -2.06. The van der Waals surface area contributed by atoms with Gasteiger partial charge in [0.1, 0.15) is 5.75 Å². The molecule has 0 unspecified atom stereocenters. The predicted molar refractivity (Wildman–Crippen MR) is 66.6 cm³/mol. The Morgan fingerprint density at radius 3 is 2.06 bits per heavy atom. The third-order valence-electron chi connectivity index (χ3n) is 2.35. The molecule has 0 amide bonds. The number of aromatic hydroxyl groups is 3. The van der Waals surface area contributed by atoms with Crippen LogP contribution in [0, 0.1) is 0 Å². The van der Waals surface area contributed by atoms with Gasteiger partial charge in [0.25, 0.3) is 0 Å². The van der Waals surface area contributed by atoms with Crippen LogP contribution in [0.5, 0.6) is 17.5 Å². The highest BCUT2D eigenvalue weighted by atomic mass is 32.2. The molecule has 0 atom stereocenters. The number of phenolic OH excluding ortho intramolecular Hbond substituents is 1. The molecule has 0 aliphatic rings. The van der Waals surface area contributed by atoms with Crippen molar-refractivity contribution in [3.05, 3.63) is 36.4 Å². The van der Waals surface area contributed by atoms with Crippen LogP contribution in [0.25, 0.3) is 0 Å². The fourth-order valence-corrected chi connectivity index (χ4v) is 2.31. The summed E-state index contributed by atoms with van der Waals surface area (Å²) in [6, 6.07) is 9.84. The SMILES string of the molecule is Oc1ccc(SCCn2c(O)ccc2O)cc1. The second-order valence-corrected chi connectivity index (χ2v) is 4.71. The van der Waals surface area contributed by atoms with E-state index >= 15 is 0 Å². The molecule has 0 saturated carbocycles. The highest BCUT2D eigenvalue weighted by Gasteiger charge is 2.05. The third kappa shape index (κ3) is 2.88. The molecule has 0 bridgehead atoms. The normalized spacial score (nSPS) is 10.6. The second kappa shape index (κ2) is 5.05. The van der Waals surface area contributed by atoms with Crippen LogP contribution in [0.1, 0.15) is 0 Å². The second-order valence-electron chi connectivity index (χ2n) is 3.54. The first-order valence-corrected chi connectivity index (χ1v) is 6.14. The van der Waals surface area contributed by atoms with Crippen molar-refractivity contribution in [2.24, 2.45) is 0 Å². The molecule has 0 radical (unpaired) electrons. The number of rotatable bonds is 4. The minimum atomic E-state index is 0.0637. The van der Waals surface area contributed by atoms with Gasteiger partial charge in [-0.05, 0) is 24.3 Å². The van der Waals surface area contributed by atoms with E-state index in [0.717, 1.165) is 10.6 Å². The van der Waals surface area contributed by atoms with Gasteiger partial charge < -0.3 is 15.3 Å². The van der Waals surface area contributed by atoms with Crippen molar-refractivity contribution in [1.82, 2.24) is 4.57 Å². The summed E-state index contributed by atoms with van der Waals surface area (Å²) in [6.07, 6.45) is 0. The van der Waals surface area contributed by atoms with Crippen LogP contribution in [0.4, 0.5) is 0 Å². The molecule has 17 heavy (non-hydrogen) atoms. The molecular weight excluding hydrogens is 238 g/mol. The van der Waals surface area contributed by atoms with Crippen molar-refractivity contribution in [2.75, 3.05) is 5.75 Å². The Morgan fingerprint density at radius 2 is 1.47 bits per heavy atom. The monoisotopic (exact) mass is 251 g/mol. The molecule has 0 aliphatic carbocycles. The quantitative estimate of drug-likeness (QED) is 0.730. The average molecular weight is 251 g/mol. The zero-order valence-electron chi connectivity index (χ0n) is 9.08. The lowest BCUT2D eigenvalue weighted by Crippen LogP contribution is -1.98. The van der Waals surface area contributed by atoms with Gasteiger partial charge >= 0.3 is 0 Å². The van der Waals surface area contributed by atoms with Crippen LogP contribution in [0.15, 0.2) is 41.3 Å². The van der Waals surface area contributed by atoms with Crippen LogP contribution >= 0.6 is 11.8 Å². The first kappa shape index (κ1) is 11.7. The van der Waals surface area contributed by atoms with Crippen molar-refractivity contribution in [1.29, 1.82) is 0 Å². The molecule has 90 valence electrons. The summed E-state index contributed by atoms with van der Waals surface area (Å²) < 4.78 is 1.44. The summed E-state index contributed by atoms with van der Waals surface area (Å²) in [5, 5.41) is 28.0. The van der Waals surface area contributed by atoms with Crippen molar-refractivity contribution in [3.8, 4) is 17.5 Å². The summed E-state index contributed by atoms with van der Waals surface area (Å²) in [6.45, 7) is 0.524. The van der Waals surface area contributed by atoms with Gasteiger partial charge in [-0.1, -0.05) is 0 Å². The van der Waals surface area contributed by atoms with E-state index in [0.29, 0.717) is 6.54 Å². The Bertz CT molecular complexity index is 473. The molecule has 2 aromatic rings. The molecule has 1 aromatic carbocycles. The maximum absolute atomic E-state index is 9.43. The molecular formula is C12H13NO3S. The molecule has 1 heterocycles. The molecule has 2 rings (SSSR count). The molecule has 4 nitrogen and oxygen atoms in total. The van der Waals surface area contributed by atoms with Gasteiger partial charge in [0.05, 0.1) is 0 Å². The number of hydrogen-bond donors (Lipinski definition) is 3. The van der Waals surface area contributed by atoms with Gasteiger partial charge in [-0.3, -0.25) is 4.57 Å². The van der Waals surface area contributed by atoms with Crippen LogP contribution in [0.2, 0.25) is 0 Å². The summed E-state index contributed by atoms with van der Waals surface area (Å²) >= 11 is 1.59. The highest BCUT2D eigenvalue weighted by molar-refractivity contribution is 7.99. The topological polar surface area (TPSA) is 65.6 Å². The van der Waals surface area contributed by atoms with Crippen molar-refractivity contribution in [2.45, 2.75) is 11.4 Å². The van der Waals surface area contributed by atoms with Gasteiger partial charge in [-0.2, -0.15) is 0 Å². The molecule has 3 N–H and O–H groups in total. The Morgan fingerprint density at radius 1 is 0.882 bits per heavy atom. The van der Waals surface area contributed by atoms with Crippen LogP contribution in [-0.4, -0.2) is 25.6 Å². The van der Waals surface area contributed by atoms with Crippen LogP contribution in [0.3, 0.4) is 0 Å². The average Bonchev–Trinajstić information content (AvgIpc) is 2.63. The molecule has 0 aliphatic heterocycles. The lowest BCUT2D eigenvalue weighted by molar-refractivity contribution is 0.374. The summed E-state index contributed by atoms with van der Waals surface area (Å²) in [5.74, 6) is 1.10. The summed E-state index contributed by atoms with van der Waals surface area (Å²) in [4.78, 5) is 1.04. The minimum absolute atomic E-state index is 0.0637. The first-order valence-electron chi connectivity index (χ1n) is 5.16. The van der Waals surface area contributed by atoms with Gasteiger partial charge in [0, 0.05) is 29.3 Å². The molecule has 0 saturated heterocycles. The molecule has 0 spiro atoms. The number of aromatic nitrogens is 1. The van der Waals surface area contributed by atoms with E-state index in [1.54, 1.807) is 23.9 Å². The van der Waals surface area contributed by atoms with Crippen molar-refractivity contribution < 1.29 is 15.3 Å². The smallest absolute Gasteiger partial charge is 0.193 e. The lowest BCUT2D eigenvalue weighted by atomic mass is 10.3. The summed E-state index contributed by atoms with van der Waals surface area (Å²) in [5.41, 5.74) is 0. The van der Waals surface area contributed by atoms with Crippen LogP contribution in [-0.2, 0) is 6.54 Å². The van der Waals surface area contributed by atoms with Crippen molar-refractivity contribution >= 4 is 11.8 Å². The number of thioether (sulfide) groups is 1. The van der Waals surface area contributed by atoms with Gasteiger partial charge in [0.15, 0.2) is 11.8 Å². The molecule has 1 aromatic heterocycles. The van der Waals surface area contributed by atoms with E-state index in [-0.39, 0.29) is 17.5 Å². The number of nitrogens with zero attached hydrogens (tertiary/aromatic N) is 1. The number of hydrogen-bond acceptors (Lipinski definition) is 4. The Balaban J connectivity index is 1.90. The van der Waals surface area contributed by atoms with Crippen molar-refractivity contribution in [3.63, 3.8) is 0 Å². The first-order chi connectivity index (χ1) is 8.16. The predicted octanol–water partition coefficient (Wildman–Crippen LogP) is 2.40. The zero-order valence-corrected chi connectivity index (χ0v) is 9.89. The molecule has 0 fully saturated rings. The maximum atomic E-state index is 9.43. The molecule has 5 heteroatoms. The van der Waals surface area contributed by atoms with E-state index in [9.17, 15) is 10.2 Å². The zero-order chi connectivity index (χ0) is 12.3. The highest BCUT2D eigenvalue weighted by Crippen LogP contribution is 2.24. The van der Waals surface area contributed by atoms with Gasteiger partial charge in [0.2, 0.25) is 0 Å². The Hall–Kier alpha value is -1.75. The Labute approximate surface area is 103 Å². The van der Waals surface area contributed by atoms with E-state index in [4.69, 9.17) is 5.11 Å². The van der Waals surface area contributed by atoms with E-state index in [1.165, 1.54) is 16.7 Å². The van der Waals surface area contributed by atoms with Gasteiger partial charge in [-0.15, -0.1) is 11.8 Å². The summed E-state index contributed by atoms with van der Waals surface area (Å²) in [7, 11) is 0. The standard InChI is InChI=1S/C12H13NO3S/c14-9-1-3-10(4-2-9)17-8-7-13-11(15)5-6-12(13)16/h1-6,14-16H,7-8H2. The van der Waals surface area contributed by atoms with Crippen LogP contribution < -0.4 is 0 Å². The minimum Gasteiger partial charge on any atom is -0.508 e. The van der Waals surface area contributed by atoms with E-state index in [1.807, 2.05) is 12.1 Å². The van der Waals surface area contributed by atoms with Gasteiger partial charge in [-0.25, -0.2) is 0 Å². The van der Waals surface area contributed by atoms with E-state index in [2.05, 4.69) is 0 Å².